The maximum absolute atomic E-state index is 12.8. The fourth-order valence-electron chi connectivity index (χ4n) is 3.52. The zero-order valence-corrected chi connectivity index (χ0v) is 20.4. The molecule has 0 saturated heterocycles. The van der Waals surface area contributed by atoms with Gasteiger partial charge in [-0.1, -0.05) is 30.3 Å². The van der Waals surface area contributed by atoms with Gasteiger partial charge in [-0.3, -0.25) is 9.52 Å². The molecular weight excluding hydrogens is 454 g/mol. The number of ether oxygens (including phenoxy) is 2. The van der Waals surface area contributed by atoms with E-state index < -0.39 is 10.0 Å². The molecule has 0 bridgehead atoms. The van der Waals surface area contributed by atoms with Gasteiger partial charge >= 0.3 is 0 Å². The van der Waals surface area contributed by atoms with Crippen molar-refractivity contribution in [3.8, 4) is 11.5 Å². The molecule has 9 heteroatoms. The second-order valence-corrected chi connectivity index (χ2v) is 9.44. The number of benzene rings is 3. The summed E-state index contributed by atoms with van der Waals surface area (Å²) in [5, 5.41) is 2.93. The summed E-state index contributed by atoms with van der Waals surface area (Å²) in [6.07, 6.45) is 0. The van der Waals surface area contributed by atoms with Gasteiger partial charge in [0.1, 0.15) is 11.5 Å². The smallest absolute Gasteiger partial charge is 0.262 e. The molecule has 2 N–H and O–H groups in total. The van der Waals surface area contributed by atoms with Crippen molar-refractivity contribution in [2.24, 2.45) is 0 Å². The summed E-state index contributed by atoms with van der Waals surface area (Å²) in [7, 11) is 3.09. The first-order valence-corrected chi connectivity index (χ1v) is 12.1. The molecule has 0 spiro atoms. The highest BCUT2D eigenvalue weighted by molar-refractivity contribution is 7.92. The standard InChI is InChI=1S/C25H29N3O5S/c1-28(2)22(20-9-5-7-11-23(20)32-3)17-26-25(29)18-13-15-19(16-14-18)34(30,31)27-21-10-6-8-12-24(21)33-4/h5-16,22,27H,17H2,1-4H3,(H,26,29)/t22-/m1/s1. The molecule has 0 aliphatic heterocycles. The lowest BCUT2D eigenvalue weighted by Crippen LogP contribution is -2.34. The van der Waals surface area contributed by atoms with E-state index in [-0.39, 0.29) is 16.8 Å². The minimum Gasteiger partial charge on any atom is -0.496 e. The largest absolute Gasteiger partial charge is 0.496 e. The molecular formula is C25H29N3O5S. The van der Waals surface area contributed by atoms with Gasteiger partial charge in [-0.15, -0.1) is 0 Å². The molecule has 0 aromatic heterocycles. The van der Waals surface area contributed by atoms with Gasteiger partial charge in [0.15, 0.2) is 0 Å². The highest BCUT2D eigenvalue weighted by Gasteiger charge is 2.20. The summed E-state index contributed by atoms with van der Waals surface area (Å²) >= 11 is 0. The van der Waals surface area contributed by atoms with E-state index in [1.807, 2.05) is 43.3 Å². The van der Waals surface area contributed by atoms with E-state index in [0.29, 0.717) is 23.5 Å². The quantitative estimate of drug-likeness (QED) is 0.458. The van der Waals surface area contributed by atoms with Crippen LogP contribution in [0.1, 0.15) is 22.0 Å². The number of methoxy groups -OCH3 is 2. The van der Waals surface area contributed by atoms with Crippen LogP contribution in [0.3, 0.4) is 0 Å². The lowest BCUT2D eigenvalue weighted by Gasteiger charge is -2.26. The summed E-state index contributed by atoms with van der Waals surface area (Å²) in [5.74, 6) is 0.850. The molecule has 1 atom stereocenters. The Hall–Kier alpha value is -3.56. The van der Waals surface area contributed by atoms with Crippen molar-refractivity contribution in [2.45, 2.75) is 10.9 Å². The topological polar surface area (TPSA) is 97.0 Å². The number of likely N-dealkylation sites (N-methyl/N-ethyl adjacent to an activating group) is 1. The molecule has 8 nitrogen and oxygen atoms in total. The van der Waals surface area contributed by atoms with Crippen molar-refractivity contribution in [2.75, 3.05) is 39.6 Å². The van der Waals surface area contributed by atoms with Gasteiger partial charge in [0, 0.05) is 17.7 Å². The minimum atomic E-state index is -3.85. The van der Waals surface area contributed by atoms with Crippen molar-refractivity contribution in [1.29, 1.82) is 0 Å². The number of hydrogen-bond donors (Lipinski definition) is 2. The zero-order valence-electron chi connectivity index (χ0n) is 19.6. The second-order valence-electron chi connectivity index (χ2n) is 7.76. The zero-order chi connectivity index (χ0) is 24.7. The van der Waals surface area contributed by atoms with E-state index in [1.165, 1.54) is 31.4 Å². The number of sulfonamides is 1. The Balaban J connectivity index is 1.71. The summed E-state index contributed by atoms with van der Waals surface area (Å²) < 4.78 is 38.7. The van der Waals surface area contributed by atoms with Gasteiger partial charge in [0.25, 0.3) is 15.9 Å². The third-order valence-electron chi connectivity index (χ3n) is 5.36. The molecule has 34 heavy (non-hydrogen) atoms. The van der Waals surface area contributed by atoms with Crippen LogP contribution in [-0.4, -0.2) is 54.1 Å². The van der Waals surface area contributed by atoms with Gasteiger partial charge in [-0.2, -0.15) is 0 Å². The molecule has 3 rings (SSSR count). The Morgan fingerprint density at radius 2 is 1.47 bits per heavy atom. The van der Waals surface area contributed by atoms with E-state index in [4.69, 9.17) is 9.47 Å². The van der Waals surface area contributed by atoms with Crippen molar-refractivity contribution >= 4 is 21.6 Å². The highest BCUT2D eigenvalue weighted by Crippen LogP contribution is 2.28. The van der Waals surface area contributed by atoms with Gasteiger partial charge in [0.05, 0.1) is 30.8 Å². The Morgan fingerprint density at radius 3 is 2.09 bits per heavy atom. The first-order valence-electron chi connectivity index (χ1n) is 10.6. The Labute approximate surface area is 200 Å². The molecule has 3 aromatic carbocycles. The summed E-state index contributed by atoms with van der Waals surface area (Å²) in [6, 6.07) is 20.1. The van der Waals surface area contributed by atoms with Gasteiger partial charge in [-0.25, -0.2) is 8.42 Å². The average molecular weight is 484 g/mol. The van der Waals surface area contributed by atoms with Crippen LogP contribution in [0.4, 0.5) is 5.69 Å². The van der Waals surface area contributed by atoms with Gasteiger partial charge in [-0.05, 0) is 56.6 Å². The summed E-state index contributed by atoms with van der Waals surface area (Å²) in [5.41, 5.74) is 1.64. The number of nitrogens with zero attached hydrogens (tertiary/aromatic N) is 1. The Kier molecular flexibility index (Phi) is 8.14. The van der Waals surface area contributed by atoms with Crippen LogP contribution in [0.15, 0.2) is 77.7 Å². The second kappa shape index (κ2) is 11.0. The number of hydrogen-bond acceptors (Lipinski definition) is 6. The molecule has 0 saturated carbocycles. The number of amides is 1. The van der Waals surface area contributed by atoms with Crippen LogP contribution in [-0.2, 0) is 10.0 Å². The van der Waals surface area contributed by atoms with E-state index in [1.54, 1.807) is 31.4 Å². The fraction of sp³-hybridized carbons (Fsp3) is 0.240. The molecule has 3 aromatic rings. The first-order chi connectivity index (χ1) is 16.3. The number of para-hydroxylation sites is 3. The van der Waals surface area contributed by atoms with Crippen LogP contribution in [0.5, 0.6) is 11.5 Å². The molecule has 0 heterocycles. The van der Waals surface area contributed by atoms with Crippen LogP contribution in [0.2, 0.25) is 0 Å². The van der Waals surface area contributed by atoms with E-state index in [0.717, 1.165) is 11.3 Å². The number of carbonyl (C=O) groups is 1. The lowest BCUT2D eigenvalue weighted by molar-refractivity contribution is 0.0941. The lowest BCUT2D eigenvalue weighted by atomic mass is 10.0. The highest BCUT2D eigenvalue weighted by atomic mass is 32.2. The molecule has 1 amide bonds. The van der Waals surface area contributed by atoms with Crippen molar-refractivity contribution in [1.82, 2.24) is 10.2 Å². The number of nitrogens with one attached hydrogen (secondary N) is 2. The predicted molar refractivity (Wildman–Crippen MR) is 132 cm³/mol. The average Bonchev–Trinajstić information content (AvgIpc) is 2.84. The molecule has 0 unspecified atom stereocenters. The number of anilines is 1. The summed E-state index contributed by atoms with van der Waals surface area (Å²) in [4.78, 5) is 14.8. The normalized spacial score (nSPS) is 12.1. The minimum absolute atomic E-state index is 0.0372. The van der Waals surface area contributed by atoms with Crippen LogP contribution >= 0.6 is 0 Å². The first kappa shape index (κ1) is 25.1. The van der Waals surface area contributed by atoms with Crippen molar-refractivity contribution in [3.63, 3.8) is 0 Å². The third kappa shape index (κ3) is 5.86. The van der Waals surface area contributed by atoms with Crippen LogP contribution < -0.4 is 19.5 Å². The summed E-state index contributed by atoms with van der Waals surface area (Å²) in [6.45, 7) is 0.349. The van der Waals surface area contributed by atoms with Gasteiger partial charge in [0.2, 0.25) is 0 Å². The van der Waals surface area contributed by atoms with Crippen LogP contribution in [0, 0.1) is 0 Å². The monoisotopic (exact) mass is 483 g/mol. The molecule has 180 valence electrons. The number of rotatable bonds is 10. The maximum atomic E-state index is 12.8. The molecule has 0 fully saturated rings. The van der Waals surface area contributed by atoms with Crippen LogP contribution in [0.25, 0.3) is 0 Å². The van der Waals surface area contributed by atoms with Gasteiger partial charge < -0.3 is 19.7 Å². The Bertz CT molecular complexity index is 1230. The molecule has 0 radical (unpaired) electrons. The fourth-order valence-corrected chi connectivity index (χ4v) is 4.59. The number of carbonyl (C=O) groups excluding carboxylic acids is 1. The van der Waals surface area contributed by atoms with E-state index >= 15 is 0 Å². The maximum Gasteiger partial charge on any atom is 0.262 e. The van der Waals surface area contributed by atoms with Crippen molar-refractivity contribution < 1.29 is 22.7 Å². The van der Waals surface area contributed by atoms with Crippen molar-refractivity contribution in [3.05, 3.63) is 83.9 Å². The third-order valence-corrected chi connectivity index (χ3v) is 6.74. The Morgan fingerprint density at radius 1 is 0.882 bits per heavy atom. The molecule has 0 aliphatic rings. The SMILES string of the molecule is COc1ccccc1NS(=O)(=O)c1ccc(C(=O)NC[C@H](c2ccccc2OC)N(C)C)cc1. The molecule has 0 aliphatic carbocycles. The predicted octanol–water partition coefficient (Wildman–Crippen LogP) is 3.54. The van der Waals surface area contributed by atoms with E-state index in [9.17, 15) is 13.2 Å². The van der Waals surface area contributed by atoms with E-state index in [2.05, 4.69) is 10.0 Å².